The zero-order valence-corrected chi connectivity index (χ0v) is 13.2. The number of nitrogen functional groups attached to an aromatic ring is 1. The van der Waals surface area contributed by atoms with E-state index in [-0.39, 0.29) is 11.5 Å². The van der Waals surface area contributed by atoms with E-state index in [1.165, 1.54) is 19.2 Å². The Bertz CT molecular complexity index is 519. The van der Waals surface area contributed by atoms with Crippen LogP contribution in [0.5, 0.6) is 5.88 Å². The average molecular weight is 326 g/mol. The van der Waals surface area contributed by atoms with E-state index < -0.39 is 0 Å². The number of hydrogen-bond acceptors (Lipinski definition) is 4. The van der Waals surface area contributed by atoms with Crippen molar-refractivity contribution in [3.63, 3.8) is 0 Å². The zero-order chi connectivity index (χ0) is 13.8. The van der Waals surface area contributed by atoms with Crippen molar-refractivity contribution in [2.45, 2.75) is 46.1 Å². The molecule has 2 N–H and O–H groups in total. The number of fused-ring (bicyclic) bond motifs is 2. The summed E-state index contributed by atoms with van der Waals surface area (Å²) in [6.45, 7) is 7.10. The molecule has 19 heavy (non-hydrogen) atoms. The van der Waals surface area contributed by atoms with Crippen LogP contribution in [0.3, 0.4) is 0 Å². The topological polar surface area (TPSA) is 61.0 Å². The summed E-state index contributed by atoms with van der Waals surface area (Å²) >= 11 is 3.41. The van der Waals surface area contributed by atoms with Gasteiger partial charge in [0.1, 0.15) is 22.7 Å². The van der Waals surface area contributed by atoms with Gasteiger partial charge in [-0.15, -0.1) is 0 Å². The fourth-order valence-corrected chi connectivity index (χ4v) is 4.19. The number of aromatic nitrogens is 2. The Kier molecular flexibility index (Phi) is 2.82. The van der Waals surface area contributed by atoms with E-state index in [0.717, 1.165) is 12.3 Å². The Morgan fingerprint density at radius 2 is 2.11 bits per heavy atom. The summed E-state index contributed by atoms with van der Waals surface area (Å²) in [7, 11) is 0. The van der Waals surface area contributed by atoms with Gasteiger partial charge in [0.05, 0.1) is 0 Å². The van der Waals surface area contributed by atoms with Crippen LogP contribution in [0.4, 0.5) is 5.82 Å². The van der Waals surface area contributed by atoms with Gasteiger partial charge >= 0.3 is 0 Å². The van der Waals surface area contributed by atoms with E-state index in [0.29, 0.717) is 21.6 Å². The maximum Gasteiger partial charge on any atom is 0.233 e. The Morgan fingerprint density at radius 3 is 2.68 bits per heavy atom. The predicted octanol–water partition coefficient (Wildman–Crippen LogP) is 3.41. The number of nitrogens with two attached hydrogens (primary N) is 1. The van der Waals surface area contributed by atoms with Crippen molar-refractivity contribution >= 4 is 21.7 Å². The summed E-state index contributed by atoms with van der Waals surface area (Å²) in [4.78, 5) is 8.15. The van der Waals surface area contributed by atoms with Crippen LogP contribution in [-0.2, 0) is 0 Å². The van der Waals surface area contributed by atoms with Crippen LogP contribution in [0.1, 0.15) is 40.0 Å². The summed E-state index contributed by atoms with van der Waals surface area (Å²) in [6, 6.07) is 0. The third kappa shape index (κ3) is 1.70. The highest BCUT2D eigenvalue weighted by atomic mass is 79.9. The second-order valence-corrected chi connectivity index (χ2v) is 7.39. The largest absolute Gasteiger partial charge is 0.473 e. The smallest absolute Gasteiger partial charge is 0.233 e. The molecule has 0 aliphatic heterocycles. The molecule has 0 amide bonds. The molecule has 1 aromatic heterocycles. The molecule has 2 aliphatic carbocycles. The van der Waals surface area contributed by atoms with E-state index in [1.54, 1.807) is 0 Å². The minimum Gasteiger partial charge on any atom is -0.473 e. The van der Waals surface area contributed by atoms with Crippen molar-refractivity contribution in [2.24, 2.45) is 16.7 Å². The SMILES string of the molecule is CC1(C)C2CCC1(C)C(Oc1ncnc(N)c1Br)C2. The second-order valence-electron chi connectivity index (χ2n) is 6.59. The van der Waals surface area contributed by atoms with Gasteiger partial charge in [0, 0.05) is 5.41 Å². The molecule has 2 bridgehead atoms. The third-order valence-electron chi connectivity index (χ3n) is 5.75. The molecule has 0 saturated heterocycles. The predicted molar refractivity (Wildman–Crippen MR) is 77.8 cm³/mol. The molecule has 3 atom stereocenters. The van der Waals surface area contributed by atoms with Crippen molar-refractivity contribution in [2.75, 3.05) is 5.73 Å². The lowest BCUT2D eigenvalue weighted by Crippen LogP contribution is -2.39. The lowest BCUT2D eigenvalue weighted by atomic mass is 9.70. The highest BCUT2D eigenvalue weighted by Gasteiger charge is 2.62. The normalized spacial score (nSPS) is 35.6. The highest BCUT2D eigenvalue weighted by molar-refractivity contribution is 9.10. The van der Waals surface area contributed by atoms with Gasteiger partial charge in [-0.25, -0.2) is 9.97 Å². The third-order valence-corrected chi connectivity index (χ3v) is 6.50. The first-order valence-corrected chi connectivity index (χ1v) is 7.58. The maximum absolute atomic E-state index is 6.18. The van der Waals surface area contributed by atoms with Crippen molar-refractivity contribution in [1.29, 1.82) is 0 Å². The van der Waals surface area contributed by atoms with Crippen molar-refractivity contribution in [1.82, 2.24) is 9.97 Å². The maximum atomic E-state index is 6.18. The molecule has 3 unspecified atom stereocenters. The zero-order valence-electron chi connectivity index (χ0n) is 11.6. The Morgan fingerprint density at radius 1 is 1.37 bits per heavy atom. The molecule has 4 nitrogen and oxygen atoms in total. The van der Waals surface area contributed by atoms with E-state index in [4.69, 9.17) is 10.5 Å². The number of anilines is 1. The molecule has 5 heteroatoms. The molecule has 0 aromatic carbocycles. The van der Waals surface area contributed by atoms with Crippen LogP contribution < -0.4 is 10.5 Å². The van der Waals surface area contributed by atoms with Gasteiger partial charge in [-0.3, -0.25) is 0 Å². The standard InChI is InChI=1S/C14H20BrN3O/c1-13(2)8-4-5-14(13,3)9(6-8)19-12-10(15)11(16)17-7-18-12/h7-9H,4-6H2,1-3H3,(H2,16,17,18). The monoisotopic (exact) mass is 325 g/mol. The van der Waals surface area contributed by atoms with Crippen molar-refractivity contribution in [3.8, 4) is 5.88 Å². The van der Waals surface area contributed by atoms with Gasteiger partial charge in [-0.1, -0.05) is 20.8 Å². The van der Waals surface area contributed by atoms with Crippen molar-refractivity contribution in [3.05, 3.63) is 10.8 Å². The van der Waals surface area contributed by atoms with E-state index in [2.05, 4.69) is 46.7 Å². The number of rotatable bonds is 2. The fourth-order valence-electron chi connectivity index (χ4n) is 3.89. The first-order valence-electron chi connectivity index (χ1n) is 6.79. The van der Waals surface area contributed by atoms with Gasteiger partial charge < -0.3 is 10.5 Å². The van der Waals surface area contributed by atoms with Crippen LogP contribution in [0.25, 0.3) is 0 Å². The lowest BCUT2D eigenvalue weighted by molar-refractivity contribution is 0.0267. The van der Waals surface area contributed by atoms with Gasteiger partial charge in [0.15, 0.2) is 0 Å². The quantitative estimate of drug-likeness (QED) is 0.905. The lowest BCUT2D eigenvalue weighted by Gasteiger charge is -2.38. The molecule has 104 valence electrons. The summed E-state index contributed by atoms with van der Waals surface area (Å²) in [5.74, 6) is 1.75. The second kappa shape index (κ2) is 4.08. The number of nitrogens with zero attached hydrogens (tertiary/aromatic N) is 2. The summed E-state index contributed by atoms with van der Waals surface area (Å²) < 4.78 is 6.85. The molecule has 0 radical (unpaired) electrons. The summed E-state index contributed by atoms with van der Waals surface area (Å²) in [5, 5.41) is 0. The fraction of sp³-hybridized carbons (Fsp3) is 0.714. The highest BCUT2D eigenvalue weighted by Crippen LogP contribution is 2.66. The van der Waals surface area contributed by atoms with Crippen LogP contribution in [0.2, 0.25) is 0 Å². The molecule has 2 fully saturated rings. The van der Waals surface area contributed by atoms with Gasteiger partial charge in [0.2, 0.25) is 5.88 Å². The summed E-state index contributed by atoms with van der Waals surface area (Å²) in [5.41, 5.74) is 6.33. The van der Waals surface area contributed by atoms with Gasteiger partial charge in [0.25, 0.3) is 0 Å². The van der Waals surface area contributed by atoms with E-state index in [9.17, 15) is 0 Å². The van der Waals surface area contributed by atoms with E-state index in [1.807, 2.05) is 0 Å². The molecular weight excluding hydrogens is 306 g/mol. The van der Waals surface area contributed by atoms with E-state index >= 15 is 0 Å². The van der Waals surface area contributed by atoms with Crippen LogP contribution >= 0.6 is 15.9 Å². The molecule has 3 rings (SSSR count). The number of hydrogen-bond donors (Lipinski definition) is 1. The molecule has 0 spiro atoms. The van der Waals surface area contributed by atoms with Gasteiger partial charge in [-0.05, 0) is 46.5 Å². The molecule has 1 heterocycles. The Balaban J connectivity index is 1.88. The molecular formula is C14H20BrN3O. The minimum atomic E-state index is 0.215. The first kappa shape index (κ1) is 13.2. The van der Waals surface area contributed by atoms with Crippen LogP contribution in [0, 0.1) is 16.7 Å². The van der Waals surface area contributed by atoms with Crippen LogP contribution in [0.15, 0.2) is 10.8 Å². The minimum absolute atomic E-state index is 0.215. The van der Waals surface area contributed by atoms with Crippen LogP contribution in [-0.4, -0.2) is 16.1 Å². The molecule has 2 aliphatic rings. The van der Waals surface area contributed by atoms with Gasteiger partial charge in [-0.2, -0.15) is 0 Å². The summed E-state index contributed by atoms with van der Waals surface area (Å²) in [6.07, 6.45) is 5.33. The van der Waals surface area contributed by atoms with Crippen molar-refractivity contribution < 1.29 is 4.74 Å². The average Bonchev–Trinajstić information content (AvgIpc) is 2.68. The molecule has 2 saturated carbocycles. The Hall–Kier alpha value is -0.840. The Labute approximate surface area is 122 Å². The molecule has 1 aromatic rings. The number of ether oxygens (including phenoxy) is 1. The first-order chi connectivity index (χ1) is 8.86. The number of halogens is 1.